The van der Waals surface area contributed by atoms with Gasteiger partial charge in [-0.25, -0.2) is 4.79 Å². The maximum Gasteiger partial charge on any atom is 0.333 e. The van der Waals surface area contributed by atoms with Crippen molar-refractivity contribution in [2.45, 2.75) is 23.3 Å². The normalized spacial score (nSPS) is 17.3. The summed E-state index contributed by atoms with van der Waals surface area (Å²) in [5.74, 6) is -6.24. The first-order valence-corrected chi connectivity index (χ1v) is 9.44. The third kappa shape index (κ3) is 4.15. The zero-order chi connectivity index (χ0) is 20.3. The van der Waals surface area contributed by atoms with Crippen LogP contribution in [0.25, 0.3) is 0 Å². The minimum atomic E-state index is -5.85. The molecule has 16 heteroatoms. The molecular weight excluding hydrogens is 406 g/mol. The summed E-state index contributed by atoms with van der Waals surface area (Å²) >= 11 is 0. The van der Waals surface area contributed by atoms with Crippen LogP contribution in [0, 0.1) is 0 Å². The molecule has 0 bridgehead atoms. The molecule has 0 aromatic rings. The fourth-order valence-electron chi connectivity index (χ4n) is 1.83. The number of hydroxylamine groups is 2. The van der Waals surface area contributed by atoms with Crippen molar-refractivity contribution in [3.63, 3.8) is 0 Å². The molecular formula is C10H13NO13S2. The number of ether oxygens (including phenoxy) is 1. The molecule has 1 heterocycles. The van der Waals surface area contributed by atoms with Gasteiger partial charge in [0.2, 0.25) is 0 Å². The largest absolute Gasteiger partial charge is 0.463 e. The van der Waals surface area contributed by atoms with Crippen molar-refractivity contribution in [2.24, 2.45) is 0 Å². The minimum absolute atomic E-state index is 0.345. The number of amides is 2. The molecule has 1 rings (SSSR count). The number of carbonyl (C=O) groups excluding carboxylic acids is 4. The summed E-state index contributed by atoms with van der Waals surface area (Å²) in [6.45, 7) is -0.817. The highest BCUT2D eigenvalue weighted by molar-refractivity contribution is 8.06. The molecule has 0 radical (unpaired) electrons. The van der Waals surface area contributed by atoms with Crippen LogP contribution in [0.4, 0.5) is 0 Å². The van der Waals surface area contributed by atoms with Crippen LogP contribution < -0.4 is 0 Å². The summed E-state index contributed by atoms with van der Waals surface area (Å²) < 4.78 is 63.7. The Kier molecular flexibility index (Phi) is 6.42. The number of esters is 1. The maximum atomic E-state index is 12.0. The zero-order valence-corrected chi connectivity index (χ0v) is 14.4. The molecule has 1 aliphatic rings. The lowest BCUT2D eigenvalue weighted by Crippen LogP contribution is -2.52. The highest BCUT2D eigenvalue weighted by atomic mass is 32.3. The highest BCUT2D eigenvalue weighted by Gasteiger charge is 2.70. The van der Waals surface area contributed by atoms with Gasteiger partial charge in [-0.2, -0.15) is 16.8 Å². The second-order valence-corrected chi connectivity index (χ2v) is 8.33. The third-order valence-corrected chi connectivity index (χ3v) is 6.60. The van der Waals surface area contributed by atoms with Crippen molar-refractivity contribution in [1.82, 2.24) is 5.06 Å². The molecule has 1 aliphatic heterocycles. The van der Waals surface area contributed by atoms with Crippen LogP contribution in [-0.4, -0.2) is 77.2 Å². The fourth-order valence-corrected chi connectivity index (χ4v) is 4.11. The Balaban J connectivity index is 2.93. The van der Waals surface area contributed by atoms with Gasteiger partial charge in [-0.05, 0) is 0 Å². The van der Waals surface area contributed by atoms with E-state index in [0.717, 1.165) is 0 Å². The molecule has 0 aromatic carbocycles. The van der Waals surface area contributed by atoms with Gasteiger partial charge in [0.05, 0.1) is 25.9 Å². The number of aliphatic hydroxyl groups excluding tert-OH is 1. The smallest absolute Gasteiger partial charge is 0.333 e. The molecule has 1 fully saturated rings. The molecule has 0 unspecified atom stereocenters. The van der Waals surface area contributed by atoms with Crippen LogP contribution in [0.1, 0.15) is 19.3 Å². The third-order valence-electron chi connectivity index (χ3n) is 3.03. The van der Waals surface area contributed by atoms with Crippen LogP contribution in [0.2, 0.25) is 0 Å². The van der Waals surface area contributed by atoms with Gasteiger partial charge in [-0.15, -0.1) is 0 Å². The second-order valence-electron chi connectivity index (χ2n) is 4.78. The first-order valence-electron chi connectivity index (χ1n) is 6.56. The Hall–Kier alpha value is -2.14. The molecule has 14 nitrogen and oxygen atoms in total. The van der Waals surface area contributed by atoms with E-state index < -0.39 is 79.0 Å². The Bertz CT molecular complexity index is 795. The number of imide groups is 1. The lowest BCUT2D eigenvalue weighted by atomic mass is 10.3. The quantitative estimate of drug-likeness (QED) is 0.203. The van der Waals surface area contributed by atoms with E-state index in [0.29, 0.717) is 0 Å². The molecule has 2 amide bonds. The standard InChI is InChI=1S/C10H13NO13S2/c12-3-4-23-7(14)1-2-8(15)24-11-6(13)5-10(9(11)16,25(17,18)19)26(20,21)22/h12H,1-5H2,(H,17,18,19)(H,20,21,22). The lowest BCUT2D eigenvalue weighted by molar-refractivity contribution is -0.197. The molecule has 0 atom stereocenters. The SMILES string of the molecule is O=C(CCC(=O)ON1C(=O)CC(S(=O)(=O)O)(S(=O)(=O)O)C1=O)OCCO. The number of hydrogen-bond donors (Lipinski definition) is 3. The van der Waals surface area contributed by atoms with Crippen LogP contribution in [-0.2, 0) is 49.0 Å². The lowest BCUT2D eigenvalue weighted by Gasteiger charge is -2.19. The van der Waals surface area contributed by atoms with Crippen LogP contribution in [0.5, 0.6) is 0 Å². The monoisotopic (exact) mass is 419 g/mol. The van der Waals surface area contributed by atoms with Crippen molar-refractivity contribution in [2.75, 3.05) is 13.2 Å². The van der Waals surface area contributed by atoms with E-state index in [1.54, 1.807) is 0 Å². The van der Waals surface area contributed by atoms with Crippen molar-refractivity contribution in [1.29, 1.82) is 0 Å². The zero-order valence-electron chi connectivity index (χ0n) is 12.7. The second kappa shape index (κ2) is 7.62. The van der Waals surface area contributed by atoms with Crippen LogP contribution in [0.15, 0.2) is 0 Å². The molecule has 26 heavy (non-hydrogen) atoms. The van der Waals surface area contributed by atoms with E-state index in [1.807, 2.05) is 0 Å². The number of hydrogen-bond acceptors (Lipinski definition) is 11. The van der Waals surface area contributed by atoms with E-state index in [1.165, 1.54) is 0 Å². The molecule has 148 valence electrons. The van der Waals surface area contributed by atoms with Gasteiger partial charge in [0.25, 0.3) is 26.1 Å². The van der Waals surface area contributed by atoms with E-state index in [9.17, 15) is 36.0 Å². The highest BCUT2D eigenvalue weighted by Crippen LogP contribution is 2.36. The summed E-state index contributed by atoms with van der Waals surface area (Å²) in [5, 5.41) is 7.89. The molecule has 0 spiro atoms. The first kappa shape index (κ1) is 21.9. The Morgan fingerprint density at radius 1 is 1.04 bits per heavy atom. The van der Waals surface area contributed by atoms with Gasteiger partial charge in [0, 0.05) is 0 Å². The maximum absolute atomic E-state index is 12.0. The van der Waals surface area contributed by atoms with Gasteiger partial charge in [-0.3, -0.25) is 23.5 Å². The van der Waals surface area contributed by atoms with E-state index in [4.69, 9.17) is 14.2 Å². The van der Waals surface area contributed by atoms with E-state index in [-0.39, 0.29) is 6.61 Å². The summed E-state index contributed by atoms with van der Waals surface area (Å²) in [6, 6.07) is 0. The molecule has 1 saturated heterocycles. The van der Waals surface area contributed by atoms with Gasteiger partial charge in [-0.1, -0.05) is 5.06 Å². The van der Waals surface area contributed by atoms with Gasteiger partial charge in [0.15, 0.2) is 0 Å². The van der Waals surface area contributed by atoms with Gasteiger partial charge in [0.1, 0.15) is 6.61 Å². The average Bonchev–Trinajstić information content (AvgIpc) is 2.75. The number of nitrogens with zero attached hydrogens (tertiary/aromatic N) is 1. The molecule has 3 N–H and O–H groups in total. The number of aliphatic hydroxyl groups is 1. The Labute approximate surface area is 146 Å². The number of carbonyl (C=O) groups is 4. The topological polar surface area (TPSA) is 219 Å². The van der Waals surface area contributed by atoms with Crippen LogP contribution in [0.3, 0.4) is 0 Å². The minimum Gasteiger partial charge on any atom is -0.463 e. The van der Waals surface area contributed by atoms with Crippen molar-refractivity contribution >= 4 is 44.0 Å². The molecule has 0 aliphatic carbocycles. The predicted octanol–water partition coefficient (Wildman–Crippen LogP) is -3.01. The van der Waals surface area contributed by atoms with Crippen molar-refractivity contribution in [3.8, 4) is 0 Å². The average molecular weight is 419 g/mol. The van der Waals surface area contributed by atoms with E-state index >= 15 is 0 Å². The Morgan fingerprint density at radius 3 is 1.96 bits per heavy atom. The first-order chi connectivity index (χ1) is 11.8. The fraction of sp³-hybridized carbons (Fsp3) is 0.600. The van der Waals surface area contributed by atoms with E-state index in [2.05, 4.69) is 9.57 Å². The van der Waals surface area contributed by atoms with Crippen molar-refractivity contribution in [3.05, 3.63) is 0 Å². The van der Waals surface area contributed by atoms with Gasteiger partial charge >= 0.3 is 21.9 Å². The van der Waals surface area contributed by atoms with Gasteiger partial charge < -0.3 is 14.7 Å². The summed E-state index contributed by atoms with van der Waals surface area (Å²) in [6.07, 6.45) is -3.09. The molecule has 0 aromatic heterocycles. The summed E-state index contributed by atoms with van der Waals surface area (Å²) in [5.41, 5.74) is 0. The Morgan fingerprint density at radius 2 is 1.54 bits per heavy atom. The molecule has 0 saturated carbocycles. The van der Waals surface area contributed by atoms with Crippen molar-refractivity contribution < 1.29 is 59.8 Å². The summed E-state index contributed by atoms with van der Waals surface area (Å²) in [4.78, 5) is 50.5. The van der Waals surface area contributed by atoms with Crippen LogP contribution >= 0.6 is 0 Å². The number of rotatable bonds is 8. The summed E-state index contributed by atoms with van der Waals surface area (Å²) in [7, 11) is -11.7. The predicted molar refractivity (Wildman–Crippen MR) is 75.7 cm³/mol.